The summed E-state index contributed by atoms with van der Waals surface area (Å²) in [6, 6.07) is 0. The van der Waals surface area contributed by atoms with Crippen LogP contribution in [0.1, 0.15) is 25.7 Å². The van der Waals surface area contributed by atoms with Crippen molar-refractivity contribution < 1.29 is 0 Å². The lowest BCUT2D eigenvalue weighted by molar-refractivity contribution is 0.399. The van der Waals surface area contributed by atoms with E-state index in [-0.39, 0.29) is 5.28 Å². The largest absolute Gasteiger partial charge is 0.354 e. The van der Waals surface area contributed by atoms with Crippen LogP contribution in [0.25, 0.3) is 0 Å². The van der Waals surface area contributed by atoms with Gasteiger partial charge in [0, 0.05) is 26.2 Å². The Bertz CT molecular complexity index is 477. The van der Waals surface area contributed by atoms with Gasteiger partial charge in [0.25, 0.3) is 0 Å². The molecule has 2 aliphatic heterocycles. The Balaban J connectivity index is 1.63. The van der Waals surface area contributed by atoms with Crippen molar-refractivity contribution in [1.29, 1.82) is 0 Å². The first-order valence-electron chi connectivity index (χ1n) is 7.79. The average Bonchev–Trinajstić information content (AvgIpc) is 2.91. The highest BCUT2D eigenvalue weighted by Gasteiger charge is 2.20. The molecule has 2 saturated heterocycles. The van der Waals surface area contributed by atoms with Crippen molar-refractivity contribution in [2.45, 2.75) is 25.7 Å². The van der Waals surface area contributed by atoms with Gasteiger partial charge in [-0.05, 0) is 56.8 Å². The second-order valence-electron chi connectivity index (χ2n) is 6.07. The summed E-state index contributed by atoms with van der Waals surface area (Å²) in [7, 11) is 2.16. The summed E-state index contributed by atoms with van der Waals surface area (Å²) in [4.78, 5) is 17.6. The molecule has 1 unspecified atom stereocenters. The number of aromatic nitrogens is 3. The zero-order chi connectivity index (χ0) is 14.7. The molecule has 0 saturated carbocycles. The number of likely N-dealkylation sites (tertiary alicyclic amines) is 1. The normalized spacial score (nSPS) is 23.5. The monoisotopic (exact) mass is 310 g/mol. The van der Waals surface area contributed by atoms with Gasteiger partial charge in [-0.25, -0.2) is 0 Å². The van der Waals surface area contributed by atoms with Crippen molar-refractivity contribution in [1.82, 2.24) is 19.9 Å². The summed E-state index contributed by atoms with van der Waals surface area (Å²) in [5.41, 5.74) is 0. The van der Waals surface area contributed by atoms with E-state index in [0.717, 1.165) is 26.2 Å². The molecule has 1 aromatic heterocycles. The van der Waals surface area contributed by atoms with Gasteiger partial charge in [-0.2, -0.15) is 15.0 Å². The quantitative estimate of drug-likeness (QED) is 0.916. The lowest BCUT2D eigenvalue weighted by Crippen LogP contribution is -2.31. The Morgan fingerprint density at radius 3 is 2.67 bits per heavy atom. The van der Waals surface area contributed by atoms with Gasteiger partial charge in [0.2, 0.25) is 17.2 Å². The molecule has 0 radical (unpaired) electrons. The summed E-state index contributed by atoms with van der Waals surface area (Å²) in [5.74, 6) is 1.97. The molecule has 3 rings (SSSR count). The second kappa shape index (κ2) is 6.75. The maximum absolute atomic E-state index is 6.05. The molecule has 1 atom stereocenters. The highest BCUT2D eigenvalue weighted by molar-refractivity contribution is 6.28. The van der Waals surface area contributed by atoms with Crippen LogP contribution in [0.3, 0.4) is 0 Å². The van der Waals surface area contributed by atoms with Crippen molar-refractivity contribution in [2.75, 3.05) is 50.0 Å². The van der Waals surface area contributed by atoms with Gasteiger partial charge < -0.3 is 15.1 Å². The first kappa shape index (κ1) is 14.8. The lowest BCUT2D eigenvalue weighted by Gasteiger charge is -2.26. The molecule has 6 nitrogen and oxygen atoms in total. The molecule has 0 aromatic carbocycles. The Kier molecular flexibility index (Phi) is 4.75. The molecule has 0 spiro atoms. The first-order valence-corrected chi connectivity index (χ1v) is 8.17. The van der Waals surface area contributed by atoms with Crippen LogP contribution in [0, 0.1) is 5.92 Å². The van der Waals surface area contributed by atoms with Crippen molar-refractivity contribution in [3.63, 3.8) is 0 Å². The number of rotatable bonds is 4. The Morgan fingerprint density at radius 2 is 1.95 bits per heavy atom. The zero-order valence-corrected chi connectivity index (χ0v) is 13.3. The minimum Gasteiger partial charge on any atom is -0.354 e. The number of hydrogen-bond donors (Lipinski definition) is 1. The summed E-state index contributed by atoms with van der Waals surface area (Å²) in [5, 5.41) is 3.60. The lowest BCUT2D eigenvalue weighted by atomic mass is 10.1. The second-order valence-corrected chi connectivity index (χ2v) is 6.41. The first-order chi connectivity index (χ1) is 10.2. The average molecular weight is 311 g/mol. The van der Waals surface area contributed by atoms with Crippen molar-refractivity contribution in [3.8, 4) is 0 Å². The fourth-order valence-electron chi connectivity index (χ4n) is 3.08. The Hall–Kier alpha value is -1.14. The van der Waals surface area contributed by atoms with Gasteiger partial charge in [0.05, 0.1) is 0 Å². The summed E-state index contributed by atoms with van der Waals surface area (Å²) < 4.78 is 0. The van der Waals surface area contributed by atoms with E-state index >= 15 is 0 Å². The van der Waals surface area contributed by atoms with Crippen LogP contribution in [0.5, 0.6) is 0 Å². The standard InChI is InChI=1S/C14H23ClN6/c1-20-8-5-11(10-20)9-16-13-17-12(15)18-14(19-13)21-6-3-2-4-7-21/h11H,2-10H2,1H3,(H,16,17,18,19). The van der Waals surface area contributed by atoms with E-state index in [1.807, 2.05) is 0 Å². The maximum atomic E-state index is 6.05. The fraction of sp³-hybridized carbons (Fsp3) is 0.786. The van der Waals surface area contributed by atoms with Crippen LogP contribution in [-0.2, 0) is 0 Å². The molecule has 2 fully saturated rings. The van der Waals surface area contributed by atoms with E-state index < -0.39 is 0 Å². The molecule has 3 heterocycles. The fourth-order valence-corrected chi connectivity index (χ4v) is 3.24. The minimum atomic E-state index is 0.275. The highest BCUT2D eigenvalue weighted by atomic mass is 35.5. The van der Waals surface area contributed by atoms with E-state index in [4.69, 9.17) is 11.6 Å². The Morgan fingerprint density at radius 1 is 1.14 bits per heavy atom. The van der Waals surface area contributed by atoms with Gasteiger partial charge in [-0.15, -0.1) is 0 Å². The summed E-state index contributed by atoms with van der Waals surface area (Å²) in [6.45, 7) is 5.21. The van der Waals surface area contributed by atoms with Crippen LogP contribution < -0.4 is 10.2 Å². The van der Waals surface area contributed by atoms with Gasteiger partial charge in [-0.3, -0.25) is 0 Å². The Labute approximate surface area is 130 Å². The number of halogens is 1. The summed E-state index contributed by atoms with van der Waals surface area (Å²) in [6.07, 6.45) is 4.90. The number of anilines is 2. The van der Waals surface area contributed by atoms with Gasteiger partial charge >= 0.3 is 0 Å². The van der Waals surface area contributed by atoms with E-state index in [0.29, 0.717) is 17.8 Å². The third-order valence-corrected chi connectivity index (χ3v) is 4.44. The van der Waals surface area contributed by atoms with Crippen molar-refractivity contribution in [3.05, 3.63) is 5.28 Å². The van der Waals surface area contributed by atoms with Crippen LogP contribution in [-0.4, -0.2) is 59.6 Å². The molecule has 7 heteroatoms. The van der Waals surface area contributed by atoms with Crippen LogP contribution in [0.4, 0.5) is 11.9 Å². The van der Waals surface area contributed by atoms with Crippen molar-refractivity contribution >= 4 is 23.5 Å². The number of nitrogens with zero attached hydrogens (tertiary/aromatic N) is 5. The van der Waals surface area contributed by atoms with Crippen molar-refractivity contribution in [2.24, 2.45) is 5.92 Å². The minimum absolute atomic E-state index is 0.275. The van der Waals surface area contributed by atoms with Gasteiger partial charge in [-0.1, -0.05) is 0 Å². The van der Waals surface area contributed by atoms with Crippen LogP contribution in [0.15, 0.2) is 0 Å². The van der Waals surface area contributed by atoms with Crippen LogP contribution in [0.2, 0.25) is 5.28 Å². The van der Waals surface area contributed by atoms with E-state index in [2.05, 4.69) is 37.1 Å². The third kappa shape index (κ3) is 3.95. The molecule has 116 valence electrons. The third-order valence-electron chi connectivity index (χ3n) is 4.27. The molecule has 1 aromatic rings. The zero-order valence-electron chi connectivity index (χ0n) is 12.6. The topological polar surface area (TPSA) is 57.2 Å². The number of piperidine rings is 1. The molecule has 0 amide bonds. The van der Waals surface area contributed by atoms with Crippen LogP contribution >= 0.6 is 11.6 Å². The SMILES string of the molecule is CN1CCC(CNc2nc(Cl)nc(N3CCCCC3)n2)C1. The van der Waals surface area contributed by atoms with E-state index in [1.54, 1.807) is 0 Å². The molecule has 1 N–H and O–H groups in total. The maximum Gasteiger partial charge on any atom is 0.231 e. The summed E-state index contributed by atoms with van der Waals surface area (Å²) >= 11 is 6.05. The molecule has 0 bridgehead atoms. The number of nitrogens with one attached hydrogen (secondary N) is 1. The predicted molar refractivity (Wildman–Crippen MR) is 85.0 cm³/mol. The van der Waals surface area contributed by atoms with Gasteiger partial charge in [0.1, 0.15) is 0 Å². The number of hydrogen-bond acceptors (Lipinski definition) is 6. The molecule has 0 aliphatic carbocycles. The highest BCUT2D eigenvalue weighted by Crippen LogP contribution is 2.19. The molecular formula is C14H23ClN6. The molecular weight excluding hydrogens is 288 g/mol. The smallest absolute Gasteiger partial charge is 0.231 e. The van der Waals surface area contributed by atoms with Gasteiger partial charge in [0.15, 0.2) is 0 Å². The van der Waals surface area contributed by atoms with E-state index in [9.17, 15) is 0 Å². The predicted octanol–water partition coefficient (Wildman–Crippen LogP) is 1.88. The molecule has 2 aliphatic rings. The molecule has 21 heavy (non-hydrogen) atoms. The van der Waals surface area contributed by atoms with E-state index in [1.165, 1.54) is 32.2 Å².